The fraction of sp³-hybridized carbons (Fsp3) is 0.409. The van der Waals surface area contributed by atoms with Crippen molar-refractivity contribution in [2.75, 3.05) is 42.1 Å². The Balaban J connectivity index is 2.03. The van der Waals surface area contributed by atoms with Gasteiger partial charge in [0.2, 0.25) is 5.75 Å². The van der Waals surface area contributed by atoms with Crippen LogP contribution in [0.15, 0.2) is 35.3 Å². The van der Waals surface area contributed by atoms with Crippen molar-refractivity contribution in [2.45, 2.75) is 20.0 Å². The van der Waals surface area contributed by atoms with Crippen molar-refractivity contribution in [3.63, 3.8) is 0 Å². The summed E-state index contributed by atoms with van der Waals surface area (Å²) in [6.45, 7) is 3.63. The smallest absolute Gasteiger partial charge is 0.203 e. The zero-order valence-corrected chi connectivity index (χ0v) is 18.5. The minimum Gasteiger partial charge on any atom is -0.493 e. The molecule has 8 nitrogen and oxygen atoms in total. The van der Waals surface area contributed by atoms with Crippen LogP contribution in [0.3, 0.4) is 0 Å². The highest BCUT2D eigenvalue weighted by atomic mass is 16.5. The SMILES string of the molecule is CCOc1cc(CNC(=NC)NCc2cc(OC)c(OC)c(OC)c2)ccc1OC. The van der Waals surface area contributed by atoms with E-state index in [2.05, 4.69) is 15.6 Å². The molecule has 0 atom stereocenters. The van der Waals surface area contributed by atoms with Crippen LogP contribution in [0, 0.1) is 0 Å². The van der Waals surface area contributed by atoms with Gasteiger partial charge in [0.15, 0.2) is 29.0 Å². The predicted octanol–water partition coefficient (Wildman–Crippen LogP) is 2.98. The van der Waals surface area contributed by atoms with Gasteiger partial charge in [-0.25, -0.2) is 0 Å². The zero-order valence-electron chi connectivity index (χ0n) is 18.5. The summed E-state index contributed by atoms with van der Waals surface area (Å²) in [6, 6.07) is 9.65. The molecule has 0 fully saturated rings. The Morgan fingerprint density at radius 3 is 1.83 bits per heavy atom. The summed E-state index contributed by atoms with van der Waals surface area (Å²) in [7, 11) is 8.13. The van der Waals surface area contributed by atoms with E-state index in [4.69, 9.17) is 23.7 Å². The number of rotatable bonds is 10. The first-order valence-electron chi connectivity index (χ1n) is 9.63. The Labute approximate surface area is 178 Å². The number of aliphatic imine (C=N–C) groups is 1. The summed E-state index contributed by atoms with van der Waals surface area (Å²) in [5.41, 5.74) is 2.02. The summed E-state index contributed by atoms with van der Waals surface area (Å²) < 4.78 is 27.1. The molecular formula is C22H31N3O5. The molecular weight excluding hydrogens is 386 g/mol. The molecule has 0 aliphatic rings. The molecule has 0 bridgehead atoms. The molecule has 0 radical (unpaired) electrons. The van der Waals surface area contributed by atoms with E-state index in [0.717, 1.165) is 16.9 Å². The molecule has 0 saturated carbocycles. The van der Waals surface area contributed by atoms with E-state index in [0.29, 0.717) is 48.7 Å². The third-order valence-electron chi connectivity index (χ3n) is 4.40. The van der Waals surface area contributed by atoms with Crippen molar-refractivity contribution in [1.29, 1.82) is 0 Å². The number of nitrogens with zero attached hydrogens (tertiary/aromatic N) is 1. The normalized spacial score (nSPS) is 10.9. The first-order valence-corrected chi connectivity index (χ1v) is 9.63. The molecule has 0 heterocycles. The highest BCUT2D eigenvalue weighted by Crippen LogP contribution is 2.38. The number of benzene rings is 2. The van der Waals surface area contributed by atoms with E-state index < -0.39 is 0 Å². The number of hydrogen-bond donors (Lipinski definition) is 2. The van der Waals surface area contributed by atoms with Crippen molar-refractivity contribution in [3.05, 3.63) is 41.5 Å². The second kappa shape index (κ2) is 11.6. The van der Waals surface area contributed by atoms with E-state index in [9.17, 15) is 0 Å². The van der Waals surface area contributed by atoms with Crippen LogP contribution in [0.1, 0.15) is 18.1 Å². The molecule has 2 rings (SSSR count). The largest absolute Gasteiger partial charge is 0.493 e. The molecule has 0 spiro atoms. The van der Waals surface area contributed by atoms with E-state index in [1.54, 1.807) is 35.5 Å². The summed E-state index contributed by atoms with van der Waals surface area (Å²) in [6.07, 6.45) is 0. The topological polar surface area (TPSA) is 82.6 Å². The summed E-state index contributed by atoms with van der Waals surface area (Å²) in [4.78, 5) is 4.28. The lowest BCUT2D eigenvalue weighted by Gasteiger charge is -2.16. The molecule has 2 aromatic rings. The Bertz CT molecular complexity index is 830. The van der Waals surface area contributed by atoms with Crippen molar-refractivity contribution in [2.24, 2.45) is 4.99 Å². The average Bonchev–Trinajstić information content (AvgIpc) is 2.78. The predicted molar refractivity (Wildman–Crippen MR) is 117 cm³/mol. The molecule has 0 aromatic heterocycles. The average molecular weight is 418 g/mol. The lowest BCUT2D eigenvalue weighted by Crippen LogP contribution is -2.36. The maximum atomic E-state index is 5.64. The third kappa shape index (κ3) is 5.85. The third-order valence-corrected chi connectivity index (χ3v) is 4.40. The van der Waals surface area contributed by atoms with Gasteiger partial charge in [0, 0.05) is 20.1 Å². The second-order valence-electron chi connectivity index (χ2n) is 6.23. The fourth-order valence-electron chi connectivity index (χ4n) is 2.93. The van der Waals surface area contributed by atoms with Crippen LogP contribution in [-0.4, -0.2) is 48.1 Å². The number of guanidine groups is 1. The summed E-state index contributed by atoms with van der Waals surface area (Å²) in [5, 5.41) is 6.59. The molecule has 164 valence electrons. The molecule has 0 saturated heterocycles. The highest BCUT2D eigenvalue weighted by Gasteiger charge is 2.13. The van der Waals surface area contributed by atoms with Crippen LogP contribution >= 0.6 is 0 Å². The number of hydrogen-bond acceptors (Lipinski definition) is 6. The summed E-state index contributed by atoms with van der Waals surface area (Å²) >= 11 is 0. The quantitative estimate of drug-likeness (QED) is 0.454. The van der Waals surface area contributed by atoms with Gasteiger partial charge in [-0.15, -0.1) is 0 Å². The van der Waals surface area contributed by atoms with E-state index in [1.165, 1.54) is 0 Å². The van der Waals surface area contributed by atoms with Crippen LogP contribution in [-0.2, 0) is 13.1 Å². The van der Waals surface area contributed by atoms with Gasteiger partial charge in [-0.2, -0.15) is 0 Å². The first-order chi connectivity index (χ1) is 14.6. The molecule has 0 aliphatic carbocycles. The van der Waals surface area contributed by atoms with Gasteiger partial charge in [-0.3, -0.25) is 4.99 Å². The van der Waals surface area contributed by atoms with Crippen LogP contribution in [0.5, 0.6) is 28.7 Å². The highest BCUT2D eigenvalue weighted by molar-refractivity contribution is 5.79. The van der Waals surface area contributed by atoms with Crippen LogP contribution in [0.4, 0.5) is 0 Å². The Morgan fingerprint density at radius 2 is 1.33 bits per heavy atom. The van der Waals surface area contributed by atoms with Crippen molar-refractivity contribution >= 4 is 5.96 Å². The van der Waals surface area contributed by atoms with Gasteiger partial charge in [0.1, 0.15) is 0 Å². The van der Waals surface area contributed by atoms with Crippen molar-refractivity contribution < 1.29 is 23.7 Å². The van der Waals surface area contributed by atoms with Gasteiger partial charge in [0.05, 0.1) is 35.0 Å². The minimum atomic E-state index is 0.531. The maximum Gasteiger partial charge on any atom is 0.203 e. The van der Waals surface area contributed by atoms with E-state index >= 15 is 0 Å². The fourth-order valence-corrected chi connectivity index (χ4v) is 2.93. The Morgan fingerprint density at radius 1 is 0.767 bits per heavy atom. The van der Waals surface area contributed by atoms with E-state index in [-0.39, 0.29) is 0 Å². The monoisotopic (exact) mass is 417 g/mol. The molecule has 2 aromatic carbocycles. The standard InChI is InChI=1S/C22H31N3O5/c1-7-30-18-10-15(8-9-17(18)26-3)13-24-22(23-2)25-14-16-11-19(27-4)21(29-6)20(12-16)28-5/h8-12H,7,13-14H2,1-6H3,(H2,23,24,25). The Kier molecular flexibility index (Phi) is 8.93. The molecule has 0 amide bonds. The van der Waals surface area contributed by atoms with Gasteiger partial charge in [0.25, 0.3) is 0 Å². The number of ether oxygens (including phenoxy) is 5. The zero-order chi connectivity index (χ0) is 21.9. The number of methoxy groups -OCH3 is 4. The molecule has 30 heavy (non-hydrogen) atoms. The Hall–Kier alpha value is -3.29. The second-order valence-corrected chi connectivity index (χ2v) is 6.23. The van der Waals surface area contributed by atoms with Crippen LogP contribution < -0.4 is 34.3 Å². The molecule has 8 heteroatoms. The molecule has 0 aliphatic heterocycles. The van der Waals surface area contributed by atoms with Gasteiger partial charge < -0.3 is 34.3 Å². The van der Waals surface area contributed by atoms with Crippen LogP contribution in [0.2, 0.25) is 0 Å². The van der Waals surface area contributed by atoms with Crippen LogP contribution in [0.25, 0.3) is 0 Å². The maximum absolute atomic E-state index is 5.64. The van der Waals surface area contributed by atoms with Gasteiger partial charge in [-0.05, 0) is 42.3 Å². The molecule has 0 unspecified atom stereocenters. The summed E-state index contributed by atoms with van der Waals surface area (Å²) in [5.74, 6) is 3.88. The van der Waals surface area contributed by atoms with Crippen molar-refractivity contribution in [3.8, 4) is 28.7 Å². The van der Waals surface area contributed by atoms with Gasteiger partial charge in [-0.1, -0.05) is 6.07 Å². The van der Waals surface area contributed by atoms with E-state index in [1.807, 2.05) is 37.3 Å². The molecule has 2 N–H and O–H groups in total. The minimum absolute atomic E-state index is 0.531. The van der Waals surface area contributed by atoms with Crippen molar-refractivity contribution in [1.82, 2.24) is 10.6 Å². The van der Waals surface area contributed by atoms with Gasteiger partial charge >= 0.3 is 0 Å². The first kappa shape index (κ1) is 23.0. The lowest BCUT2D eigenvalue weighted by molar-refractivity contribution is 0.310. The number of nitrogens with one attached hydrogen (secondary N) is 2. The lowest BCUT2D eigenvalue weighted by atomic mass is 10.1.